The van der Waals surface area contributed by atoms with Gasteiger partial charge in [-0.05, 0) is 47.2 Å². The molecule has 3 heterocycles. The third kappa shape index (κ3) is 7.73. The summed E-state index contributed by atoms with van der Waals surface area (Å²) in [5, 5.41) is 24.1. The van der Waals surface area contributed by atoms with Gasteiger partial charge in [-0.2, -0.15) is 0 Å². The van der Waals surface area contributed by atoms with Crippen molar-refractivity contribution in [2.45, 2.75) is 44.9 Å². The maximum Gasteiger partial charge on any atom is 0.309 e. The van der Waals surface area contributed by atoms with Gasteiger partial charge in [0.25, 0.3) is 5.91 Å². The number of hydrogen-bond donors (Lipinski definition) is 3. The van der Waals surface area contributed by atoms with Crippen molar-refractivity contribution in [3.05, 3.63) is 117 Å². The average molecular weight is 699 g/mol. The van der Waals surface area contributed by atoms with Crippen molar-refractivity contribution < 1.29 is 24.2 Å². The van der Waals surface area contributed by atoms with E-state index in [9.17, 15) is 19.8 Å². The summed E-state index contributed by atoms with van der Waals surface area (Å²) in [7, 11) is 0. The number of halogens is 2. The number of carbonyl (C=O) groups excluding carboxylic acids is 1. The fourth-order valence-electron chi connectivity index (χ4n) is 5.74. The van der Waals surface area contributed by atoms with Crippen LogP contribution in [0.15, 0.2) is 91.3 Å². The number of likely N-dealkylation sites (tertiary alicyclic amines) is 1. The Morgan fingerprint density at radius 1 is 0.959 bits per heavy atom. The number of aliphatic hydroxyl groups excluding tert-OH is 1. The molecule has 5 aromatic rings. The summed E-state index contributed by atoms with van der Waals surface area (Å²) >= 11 is 7.71. The molecule has 6 rings (SSSR count). The normalized spacial score (nSPS) is 15.0. The summed E-state index contributed by atoms with van der Waals surface area (Å²) < 4.78 is 15.2. The van der Waals surface area contributed by atoms with Crippen molar-refractivity contribution in [2.24, 2.45) is 5.92 Å². The predicted octanol–water partition coefficient (Wildman–Crippen LogP) is 7.31. The van der Waals surface area contributed by atoms with Crippen LogP contribution in [-0.4, -0.2) is 62.3 Å². The molecule has 8 nitrogen and oxygen atoms in total. The maximum absolute atomic E-state index is 15.2. The molecule has 1 aliphatic heterocycles. The number of amides is 1. The molecule has 1 aliphatic rings. The van der Waals surface area contributed by atoms with Crippen molar-refractivity contribution in [3.8, 4) is 33.6 Å². The molecule has 1 saturated heterocycles. The molecular formula is C38H36ClFN4O4S. The minimum Gasteiger partial charge on any atom is -0.481 e. The van der Waals surface area contributed by atoms with Gasteiger partial charge in [-0.15, -0.1) is 11.3 Å². The monoisotopic (exact) mass is 698 g/mol. The Hall–Kier alpha value is -4.48. The largest absolute Gasteiger partial charge is 0.481 e. The lowest BCUT2D eigenvalue weighted by Gasteiger charge is -2.42. The second-order valence-corrected chi connectivity index (χ2v) is 14.8. The molecule has 3 aromatic carbocycles. The molecule has 1 fully saturated rings. The van der Waals surface area contributed by atoms with Gasteiger partial charge >= 0.3 is 5.97 Å². The topological polar surface area (TPSA) is 116 Å². The standard InChI is InChI=1S/C38H36ClFN4O4S/c1-38(2,3)33-15-14-32(49-33)35(45)43-31(36(46)44-20-26(21-44)37(47)48)16-22-8-10-23(11-9-22)34-41-18-25(19-42-34)28-13-12-24(17-30(28)40)27-6-4-5-7-29(27)39/h4-15,17-19,26,31,36,46H,16,20-21H2,1-3H3,(H,43,45)(H,47,48)/t31-,36?/m0/s1. The van der Waals surface area contributed by atoms with E-state index in [2.05, 4.69) is 36.1 Å². The van der Waals surface area contributed by atoms with Crippen molar-refractivity contribution >= 4 is 34.8 Å². The molecule has 49 heavy (non-hydrogen) atoms. The number of aliphatic carboxylic acids is 1. The molecule has 0 saturated carbocycles. The van der Waals surface area contributed by atoms with Crippen LogP contribution < -0.4 is 5.32 Å². The van der Waals surface area contributed by atoms with Crippen molar-refractivity contribution in [2.75, 3.05) is 13.1 Å². The Balaban J connectivity index is 1.16. The van der Waals surface area contributed by atoms with Crippen LogP contribution in [0.4, 0.5) is 4.39 Å². The molecule has 2 atom stereocenters. The number of nitrogens with zero attached hydrogens (tertiary/aromatic N) is 3. The van der Waals surface area contributed by atoms with E-state index < -0.39 is 30.0 Å². The van der Waals surface area contributed by atoms with Crippen LogP contribution in [0.1, 0.15) is 40.9 Å². The lowest BCUT2D eigenvalue weighted by Crippen LogP contribution is -2.61. The number of aromatic nitrogens is 2. The molecule has 0 radical (unpaired) electrons. The fourth-order valence-corrected chi connectivity index (χ4v) is 6.96. The van der Waals surface area contributed by atoms with Crippen molar-refractivity contribution in [1.29, 1.82) is 0 Å². The average Bonchev–Trinajstić information content (AvgIpc) is 3.56. The highest BCUT2D eigenvalue weighted by Crippen LogP contribution is 2.32. The Morgan fingerprint density at radius 2 is 1.63 bits per heavy atom. The fraction of sp³-hybridized carbons (Fsp3) is 0.263. The molecule has 0 spiro atoms. The van der Waals surface area contributed by atoms with E-state index in [0.717, 1.165) is 21.6 Å². The van der Waals surface area contributed by atoms with Gasteiger partial charge < -0.3 is 15.5 Å². The van der Waals surface area contributed by atoms with E-state index >= 15 is 4.39 Å². The van der Waals surface area contributed by atoms with Crippen LogP contribution in [-0.2, 0) is 16.6 Å². The first kappa shape index (κ1) is 34.4. The zero-order valence-corrected chi connectivity index (χ0v) is 28.8. The number of thiophene rings is 1. The van der Waals surface area contributed by atoms with Gasteiger partial charge in [0, 0.05) is 57.6 Å². The second-order valence-electron chi connectivity index (χ2n) is 13.3. The summed E-state index contributed by atoms with van der Waals surface area (Å²) in [6.45, 7) is 6.66. The number of carboxylic acid groups (broad SMARTS) is 1. The lowest BCUT2D eigenvalue weighted by molar-refractivity contribution is -0.155. The highest BCUT2D eigenvalue weighted by atomic mass is 35.5. The third-order valence-corrected chi connectivity index (χ3v) is 10.5. The van der Waals surface area contributed by atoms with E-state index in [1.165, 1.54) is 17.4 Å². The zero-order chi connectivity index (χ0) is 34.9. The van der Waals surface area contributed by atoms with Crippen molar-refractivity contribution in [1.82, 2.24) is 20.2 Å². The summed E-state index contributed by atoms with van der Waals surface area (Å²) in [4.78, 5) is 36.9. The summed E-state index contributed by atoms with van der Waals surface area (Å²) in [5.41, 5.74) is 3.82. The quantitative estimate of drug-likeness (QED) is 0.140. The number of benzene rings is 3. The van der Waals surface area contributed by atoms with Crippen LogP contribution in [0.25, 0.3) is 33.6 Å². The molecule has 1 unspecified atom stereocenters. The van der Waals surface area contributed by atoms with Crippen LogP contribution in [0.2, 0.25) is 5.02 Å². The van der Waals surface area contributed by atoms with Gasteiger partial charge in [-0.1, -0.05) is 87.0 Å². The van der Waals surface area contributed by atoms with Crippen LogP contribution >= 0.6 is 22.9 Å². The van der Waals surface area contributed by atoms with Crippen LogP contribution in [0.5, 0.6) is 0 Å². The Labute approximate surface area is 293 Å². The van der Waals surface area contributed by atoms with E-state index in [0.29, 0.717) is 38.8 Å². The minimum absolute atomic E-state index is 0.100. The molecule has 0 aliphatic carbocycles. The lowest BCUT2D eigenvalue weighted by atomic mass is 9.95. The van der Waals surface area contributed by atoms with Crippen molar-refractivity contribution in [3.63, 3.8) is 0 Å². The number of rotatable bonds is 10. The summed E-state index contributed by atoms with van der Waals surface area (Å²) in [6, 6.07) is 22.8. The van der Waals surface area contributed by atoms with E-state index in [1.807, 2.05) is 54.6 Å². The molecule has 11 heteroatoms. The van der Waals surface area contributed by atoms with Gasteiger partial charge in [0.1, 0.15) is 12.0 Å². The number of hydrogen-bond acceptors (Lipinski definition) is 7. The van der Waals surface area contributed by atoms with Gasteiger partial charge in [0.2, 0.25) is 0 Å². The number of carbonyl (C=O) groups is 2. The number of carboxylic acids is 1. The maximum atomic E-state index is 15.2. The predicted molar refractivity (Wildman–Crippen MR) is 190 cm³/mol. The molecule has 3 N–H and O–H groups in total. The van der Waals surface area contributed by atoms with Gasteiger partial charge in [-0.3, -0.25) is 14.5 Å². The molecule has 252 valence electrons. The van der Waals surface area contributed by atoms with Crippen LogP contribution in [0.3, 0.4) is 0 Å². The Kier molecular flexibility index (Phi) is 9.94. The first-order valence-electron chi connectivity index (χ1n) is 15.9. The van der Waals surface area contributed by atoms with E-state index in [-0.39, 0.29) is 24.4 Å². The van der Waals surface area contributed by atoms with Crippen LogP contribution in [0, 0.1) is 11.7 Å². The first-order valence-corrected chi connectivity index (χ1v) is 17.1. The van der Waals surface area contributed by atoms with Gasteiger partial charge in [0.05, 0.1) is 16.8 Å². The van der Waals surface area contributed by atoms with Gasteiger partial charge in [0.15, 0.2) is 5.82 Å². The Morgan fingerprint density at radius 3 is 2.24 bits per heavy atom. The Bertz CT molecular complexity index is 1970. The minimum atomic E-state index is -1.07. The highest BCUT2D eigenvalue weighted by Gasteiger charge is 2.39. The highest BCUT2D eigenvalue weighted by molar-refractivity contribution is 7.14. The molecule has 1 amide bonds. The molecule has 2 aromatic heterocycles. The second kappa shape index (κ2) is 14.2. The first-order chi connectivity index (χ1) is 23.4. The van der Waals surface area contributed by atoms with E-state index in [1.54, 1.807) is 35.5 Å². The number of aliphatic hydroxyl groups is 1. The molecule has 0 bridgehead atoms. The third-order valence-electron chi connectivity index (χ3n) is 8.66. The van der Waals surface area contributed by atoms with Gasteiger partial charge in [-0.25, -0.2) is 14.4 Å². The molecular weight excluding hydrogens is 663 g/mol. The smallest absolute Gasteiger partial charge is 0.309 e. The summed E-state index contributed by atoms with van der Waals surface area (Å²) in [5.74, 6) is -1.69. The summed E-state index contributed by atoms with van der Waals surface area (Å²) in [6.07, 6.45) is 2.40. The number of nitrogens with one attached hydrogen (secondary N) is 1. The van der Waals surface area contributed by atoms with E-state index in [4.69, 9.17) is 11.6 Å². The SMILES string of the molecule is CC(C)(C)c1ccc(C(=O)N[C@@H](Cc2ccc(-c3ncc(-c4ccc(-c5ccccc5Cl)cc4F)cn3)cc2)C(O)N2CC(C(=O)O)C2)s1. The zero-order valence-electron chi connectivity index (χ0n) is 27.2.